The molecule has 0 aliphatic carbocycles. The summed E-state index contributed by atoms with van der Waals surface area (Å²) in [5.41, 5.74) is 1.04. The molecule has 1 aliphatic rings. The molecular formula is C19H19BrN2O3. The van der Waals surface area contributed by atoms with Crippen LogP contribution in [0.1, 0.15) is 12.5 Å². The van der Waals surface area contributed by atoms with Crippen LogP contribution in [0.15, 0.2) is 59.1 Å². The van der Waals surface area contributed by atoms with Crippen LogP contribution in [0.3, 0.4) is 0 Å². The maximum Gasteiger partial charge on any atom is 0.265 e. The van der Waals surface area contributed by atoms with Gasteiger partial charge in [-0.2, -0.15) is 0 Å². The average Bonchev–Trinajstić information content (AvgIpc) is 2.98. The largest absolute Gasteiger partial charge is 0.480 e. The topological polar surface area (TPSA) is 49.9 Å². The van der Waals surface area contributed by atoms with Crippen LogP contribution in [0.25, 0.3) is 0 Å². The van der Waals surface area contributed by atoms with E-state index in [9.17, 15) is 9.59 Å². The summed E-state index contributed by atoms with van der Waals surface area (Å²) in [4.78, 5) is 28.0. The molecule has 0 saturated carbocycles. The summed E-state index contributed by atoms with van der Waals surface area (Å²) in [7, 11) is 0. The van der Waals surface area contributed by atoms with E-state index in [1.807, 2.05) is 48.5 Å². The second-order valence-electron chi connectivity index (χ2n) is 5.95. The van der Waals surface area contributed by atoms with Gasteiger partial charge in [0.05, 0.1) is 11.1 Å². The lowest BCUT2D eigenvalue weighted by Gasteiger charge is -2.22. The SMILES string of the molecule is C[C@@H](Oc1ccccc1Br)C(=O)N1CC(=O)N(Cc2ccccc2)C1. The molecule has 0 spiro atoms. The number of ether oxygens (including phenoxy) is 1. The Bertz CT molecular complexity index is 766. The molecule has 1 fully saturated rings. The minimum Gasteiger partial charge on any atom is -0.480 e. The summed E-state index contributed by atoms with van der Waals surface area (Å²) in [6.45, 7) is 2.58. The van der Waals surface area contributed by atoms with Gasteiger partial charge in [-0.3, -0.25) is 9.59 Å². The van der Waals surface area contributed by atoms with Crippen LogP contribution >= 0.6 is 15.9 Å². The maximum absolute atomic E-state index is 12.6. The molecule has 25 heavy (non-hydrogen) atoms. The van der Waals surface area contributed by atoms with Crippen molar-refractivity contribution < 1.29 is 14.3 Å². The molecule has 1 saturated heterocycles. The van der Waals surface area contributed by atoms with Crippen molar-refractivity contribution in [1.29, 1.82) is 0 Å². The Morgan fingerprint density at radius 3 is 2.56 bits per heavy atom. The van der Waals surface area contributed by atoms with Gasteiger partial charge in [-0.05, 0) is 40.5 Å². The van der Waals surface area contributed by atoms with Crippen LogP contribution in [0.4, 0.5) is 0 Å². The Hall–Kier alpha value is -2.34. The monoisotopic (exact) mass is 402 g/mol. The molecule has 1 aliphatic heterocycles. The lowest BCUT2D eigenvalue weighted by Crippen LogP contribution is -2.40. The molecule has 1 atom stereocenters. The van der Waals surface area contributed by atoms with Gasteiger partial charge in [0.1, 0.15) is 12.3 Å². The summed E-state index contributed by atoms with van der Waals surface area (Å²) >= 11 is 3.40. The van der Waals surface area contributed by atoms with Crippen molar-refractivity contribution in [2.75, 3.05) is 13.2 Å². The van der Waals surface area contributed by atoms with Gasteiger partial charge in [0.2, 0.25) is 5.91 Å². The molecule has 1 heterocycles. The number of hydrogen-bond donors (Lipinski definition) is 0. The highest BCUT2D eigenvalue weighted by atomic mass is 79.9. The molecule has 0 N–H and O–H groups in total. The number of benzene rings is 2. The Labute approximate surface area is 155 Å². The van der Waals surface area contributed by atoms with E-state index in [0.29, 0.717) is 12.3 Å². The number of para-hydroxylation sites is 1. The van der Waals surface area contributed by atoms with Crippen LogP contribution in [0, 0.1) is 0 Å². The zero-order valence-electron chi connectivity index (χ0n) is 13.9. The first kappa shape index (κ1) is 17.5. The standard InChI is InChI=1S/C19H19BrN2O3/c1-14(25-17-10-6-5-9-16(17)20)19(24)22-12-18(23)21(13-22)11-15-7-3-2-4-8-15/h2-10,14H,11-13H2,1H3/t14-/m1/s1. The Morgan fingerprint density at radius 1 is 1.16 bits per heavy atom. The molecule has 0 unspecified atom stereocenters. The van der Waals surface area contributed by atoms with E-state index in [2.05, 4.69) is 15.9 Å². The van der Waals surface area contributed by atoms with Gasteiger partial charge in [0, 0.05) is 6.54 Å². The highest BCUT2D eigenvalue weighted by Gasteiger charge is 2.33. The normalized spacial score (nSPS) is 15.4. The molecule has 5 nitrogen and oxygen atoms in total. The van der Waals surface area contributed by atoms with E-state index < -0.39 is 6.10 Å². The van der Waals surface area contributed by atoms with Crippen molar-refractivity contribution in [3.8, 4) is 5.75 Å². The molecular weight excluding hydrogens is 384 g/mol. The minimum atomic E-state index is -0.664. The van der Waals surface area contributed by atoms with Crippen LogP contribution in [0.2, 0.25) is 0 Å². The predicted octanol–water partition coefficient (Wildman–Crippen LogP) is 3.04. The van der Waals surface area contributed by atoms with Crippen molar-refractivity contribution in [1.82, 2.24) is 9.80 Å². The Morgan fingerprint density at radius 2 is 1.84 bits per heavy atom. The van der Waals surface area contributed by atoms with Gasteiger partial charge in [-0.15, -0.1) is 0 Å². The molecule has 3 rings (SSSR count). The van der Waals surface area contributed by atoms with Gasteiger partial charge in [-0.25, -0.2) is 0 Å². The number of carbonyl (C=O) groups excluding carboxylic acids is 2. The lowest BCUT2D eigenvalue weighted by atomic mass is 10.2. The van der Waals surface area contributed by atoms with Crippen molar-refractivity contribution in [3.63, 3.8) is 0 Å². The fraction of sp³-hybridized carbons (Fsp3) is 0.263. The fourth-order valence-electron chi connectivity index (χ4n) is 2.73. The average molecular weight is 403 g/mol. The minimum absolute atomic E-state index is 0.0507. The van der Waals surface area contributed by atoms with Gasteiger partial charge < -0.3 is 14.5 Å². The van der Waals surface area contributed by atoms with E-state index in [1.54, 1.807) is 17.9 Å². The van der Waals surface area contributed by atoms with Crippen molar-refractivity contribution >= 4 is 27.7 Å². The number of hydrogen-bond acceptors (Lipinski definition) is 3. The Balaban J connectivity index is 1.61. The van der Waals surface area contributed by atoms with Crippen LogP contribution < -0.4 is 4.74 Å². The van der Waals surface area contributed by atoms with Gasteiger partial charge in [0.15, 0.2) is 6.10 Å². The third kappa shape index (κ3) is 4.20. The molecule has 0 aromatic heterocycles. The number of nitrogens with zero attached hydrogens (tertiary/aromatic N) is 2. The number of rotatable bonds is 5. The number of amides is 2. The van der Waals surface area contributed by atoms with Gasteiger partial charge in [-0.1, -0.05) is 42.5 Å². The van der Waals surface area contributed by atoms with Crippen molar-refractivity contribution in [2.45, 2.75) is 19.6 Å². The van der Waals surface area contributed by atoms with E-state index in [1.165, 1.54) is 4.90 Å². The summed E-state index contributed by atoms with van der Waals surface area (Å²) < 4.78 is 6.53. The number of carbonyl (C=O) groups is 2. The van der Waals surface area contributed by atoms with Crippen LogP contribution in [0.5, 0.6) is 5.75 Å². The molecule has 6 heteroatoms. The summed E-state index contributed by atoms with van der Waals surface area (Å²) in [5.74, 6) is 0.361. The summed E-state index contributed by atoms with van der Waals surface area (Å²) in [6, 6.07) is 17.1. The fourth-order valence-corrected chi connectivity index (χ4v) is 3.10. The van der Waals surface area contributed by atoms with E-state index in [0.717, 1.165) is 10.0 Å². The van der Waals surface area contributed by atoms with E-state index in [-0.39, 0.29) is 25.0 Å². The first-order chi connectivity index (χ1) is 12.0. The zero-order valence-corrected chi connectivity index (χ0v) is 15.5. The molecule has 2 aromatic rings. The smallest absolute Gasteiger partial charge is 0.265 e. The number of halogens is 1. The molecule has 0 bridgehead atoms. The van der Waals surface area contributed by atoms with Crippen molar-refractivity contribution in [2.24, 2.45) is 0 Å². The van der Waals surface area contributed by atoms with Gasteiger partial charge >= 0.3 is 0 Å². The second kappa shape index (κ2) is 7.70. The summed E-state index contributed by atoms with van der Waals surface area (Å²) in [6.07, 6.45) is -0.664. The first-order valence-electron chi connectivity index (χ1n) is 8.06. The molecule has 0 radical (unpaired) electrons. The summed E-state index contributed by atoms with van der Waals surface area (Å²) in [5, 5.41) is 0. The third-order valence-electron chi connectivity index (χ3n) is 4.04. The molecule has 2 amide bonds. The Kier molecular flexibility index (Phi) is 5.38. The van der Waals surface area contributed by atoms with E-state index in [4.69, 9.17) is 4.74 Å². The predicted molar refractivity (Wildman–Crippen MR) is 97.8 cm³/mol. The van der Waals surface area contributed by atoms with Crippen LogP contribution in [-0.2, 0) is 16.1 Å². The van der Waals surface area contributed by atoms with E-state index >= 15 is 0 Å². The highest BCUT2D eigenvalue weighted by molar-refractivity contribution is 9.10. The molecule has 130 valence electrons. The maximum atomic E-state index is 12.6. The van der Waals surface area contributed by atoms with Gasteiger partial charge in [0.25, 0.3) is 5.91 Å². The highest BCUT2D eigenvalue weighted by Crippen LogP contribution is 2.25. The second-order valence-corrected chi connectivity index (χ2v) is 6.80. The van der Waals surface area contributed by atoms with Crippen molar-refractivity contribution in [3.05, 3.63) is 64.6 Å². The lowest BCUT2D eigenvalue weighted by molar-refractivity contribution is -0.137. The third-order valence-corrected chi connectivity index (χ3v) is 4.69. The first-order valence-corrected chi connectivity index (χ1v) is 8.85. The molecule has 2 aromatic carbocycles. The van der Waals surface area contributed by atoms with Crippen LogP contribution in [-0.4, -0.2) is 40.9 Å². The zero-order chi connectivity index (χ0) is 17.8. The quantitative estimate of drug-likeness (QED) is 0.771.